The predicted octanol–water partition coefficient (Wildman–Crippen LogP) is 2.36. The smallest absolute Gasteiger partial charge is 0.359 e. The minimum atomic E-state index is -4.41. The highest BCUT2D eigenvalue weighted by Crippen LogP contribution is 2.59. The molecule has 2 heterocycles. The second-order valence-electron chi connectivity index (χ2n) is 8.73. The van der Waals surface area contributed by atoms with E-state index >= 15 is 0 Å². The minimum absolute atomic E-state index is 0.0252. The van der Waals surface area contributed by atoms with Crippen molar-refractivity contribution < 1.29 is 33.7 Å². The lowest BCUT2D eigenvalue weighted by molar-refractivity contribution is -0.0531. The van der Waals surface area contributed by atoms with Crippen molar-refractivity contribution in [3.63, 3.8) is 0 Å². The van der Waals surface area contributed by atoms with Crippen molar-refractivity contribution in [1.82, 2.24) is 4.98 Å². The Morgan fingerprint density at radius 1 is 1.34 bits per heavy atom. The number of aromatic amines is 1. The van der Waals surface area contributed by atoms with E-state index in [0.717, 1.165) is 0 Å². The molecule has 1 saturated heterocycles. The number of hydrogen-bond donors (Lipinski definition) is 4. The Morgan fingerprint density at radius 3 is 2.47 bits per heavy atom. The Morgan fingerprint density at radius 2 is 1.97 bits per heavy atom. The highest BCUT2D eigenvalue weighted by atomic mass is 31.2. The van der Waals surface area contributed by atoms with Crippen molar-refractivity contribution in [1.29, 1.82) is 0 Å². The van der Waals surface area contributed by atoms with Crippen LogP contribution in [0.4, 0.5) is 0 Å². The van der Waals surface area contributed by atoms with Gasteiger partial charge in [0.05, 0.1) is 17.4 Å². The second kappa shape index (κ2) is 9.78. The molecule has 1 aliphatic heterocycles. The average Bonchev–Trinajstić information content (AvgIpc) is 3.03. The Balaban J connectivity index is 2.36. The molecule has 1 aliphatic rings. The largest absolute Gasteiger partial charge is 0.388 e. The Labute approximate surface area is 188 Å². The van der Waals surface area contributed by atoms with Crippen LogP contribution in [0.15, 0.2) is 10.9 Å². The SMILES string of the molecule is C#Cc1[nH]c(=O)c(C)cc1C1OC(CC(C)(CC)OP(=O)(O)C(C)(O)CC)C(O)C1OC. The summed E-state index contributed by atoms with van der Waals surface area (Å²) in [6.07, 6.45) is 2.47. The molecule has 0 radical (unpaired) electrons. The van der Waals surface area contributed by atoms with Crippen LogP contribution in [0.5, 0.6) is 0 Å². The number of aromatic nitrogens is 1. The molecule has 7 atom stereocenters. The van der Waals surface area contributed by atoms with Crippen LogP contribution in [0.25, 0.3) is 0 Å². The molecule has 0 spiro atoms. The zero-order valence-electron chi connectivity index (χ0n) is 19.4. The molecule has 4 N–H and O–H groups in total. The quantitative estimate of drug-likeness (QED) is 0.318. The first kappa shape index (κ1) is 26.7. The van der Waals surface area contributed by atoms with Crippen molar-refractivity contribution in [3.8, 4) is 12.3 Å². The van der Waals surface area contributed by atoms with Crippen LogP contribution < -0.4 is 5.56 Å². The molecule has 1 fully saturated rings. The van der Waals surface area contributed by atoms with Gasteiger partial charge in [0, 0.05) is 24.7 Å². The van der Waals surface area contributed by atoms with Gasteiger partial charge in [-0.3, -0.25) is 9.36 Å². The molecule has 180 valence electrons. The van der Waals surface area contributed by atoms with E-state index in [-0.39, 0.29) is 24.1 Å². The van der Waals surface area contributed by atoms with Crippen LogP contribution in [0.1, 0.15) is 69.9 Å². The van der Waals surface area contributed by atoms with Gasteiger partial charge in [-0.2, -0.15) is 0 Å². The van der Waals surface area contributed by atoms with Crippen LogP contribution in [0.3, 0.4) is 0 Å². The lowest BCUT2D eigenvalue weighted by atomic mass is 9.92. The van der Waals surface area contributed by atoms with Gasteiger partial charge in [-0.25, -0.2) is 0 Å². The third-order valence-corrected chi connectivity index (χ3v) is 8.54. The fourth-order valence-corrected chi connectivity index (χ4v) is 5.08. The van der Waals surface area contributed by atoms with E-state index in [9.17, 15) is 24.5 Å². The maximum absolute atomic E-state index is 12.8. The van der Waals surface area contributed by atoms with Gasteiger partial charge < -0.3 is 34.1 Å². The number of pyridine rings is 1. The lowest BCUT2D eigenvalue weighted by Gasteiger charge is -2.37. The molecule has 0 aliphatic carbocycles. The van der Waals surface area contributed by atoms with E-state index < -0.39 is 43.0 Å². The molecule has 1 aromatic heterocycles. The number of aryl methyl sites for hydroxylation is 1. The van der Waals surface area contributed by atoms with E-state index in [1.54, 1.807) is 33.8 Å². The average molecular weight is 471 g/mol. The molecule has 0 bridgehead atoms. The van der Waals surface area contributed by atoms with E-state index in [1.807, 2.05) is 0 Å². The summed E-state index contributed by atoms with van der Waals surface area (Å²) >= 11 is 0. The molecule has 0 aromatic carbocycles. The summed E-state index contributed by atoms with van der Waals surface area (Å²) in [5.41, 5.74) is -0.342. The molecule has 10 heteroatoms. The molecule has 0 saturated carbocycles. The molecule has 2 rings (SSSR count). The van der Waals surface area contributed by atoms with Gasteiger partial charge in [-0.1, -0.05) is 19.8 Å². The summed E-state index contributed by atoms with van der Waals surface area (Å²) in [7, 11) is -2.98. The van der Waals surface area contributed by atoms with Gasteiger partial charge in [0.15, 0.2) is 5.34 Å². The summed E-state index contributed by atoms with van der Waals surface area (Å²) in [6.45, 7) is 7.87. The van der Waals surface area contributed by atoms with Crippen molar-refractivity contribution >= 4 is 7.60 Å². The second-order valence-corrected chi connectivity index (χ2v) is 10.9. The first-order chi connectivity index (χ1) is 14.8. The highest BCUT2D eigenvalue weighted by molar-refractivity contribution is 7.54. The summed E-state index contributed by atoms with van der Waals surface area (Å²) in [5.74, 6) is 2.43. The van der Waals surface area contributed by atoms with Gasteiger partial charge in [-0.05, 0) is 39.7 Å². The number of aliphatic hydroxyl groups is 2. The van der Waals surface area contributed by atoms with Crippen LogP contribution in [-0.4, -0.2) is 56.5 Å². The van der Waals surface area contributed by atoms with Gasteiger partial charge in [0.2, 0.25) is 0 Å². The number of nitrogens with one attached hydrogen (secondary N) is 1. The molecule has 0 amide bonds. The molecular weight excluding hydrogens is 437 g/mol. The standard InChI is InChI=1S/C22H34NO8P/c1-8-15-14(11-13(4)20(25)23-15)18-19(29-7)17(24)16(30-18)12-21(5,9-2)31-32(27,28)22(6,26)10-3/h1,11,16-19,24,26H,9-10,12H2,2-7H3,(H,23,25)(H,27,28). The summed E-state index contributed by atoms with van der Waals surface area (Å²) < 4.78 is 29.9. The zero-order chi connectivity index (χ0) is 24.5. The summed E-state index contributed by atoms with van der Waals surface area (Å²) in [6, 6.07) is 1.61. The maximum Gasteiger partial charge on any atom is 0.359 e. The van der Waals surface area contributed by atoms with Crippen LogP contribution in [0.2, 0.25) is 0 Å². The highest BCUT2D eigenvalue weighted by Gasteiger charge is 2.51. The Kier molecular flexibility index (Phi) is 8.17. The zero-order valence-corrected chi connectivity index (χ0v) is 20.3. The number of H-pyrrole nitrogens is 1. The van der Waals surface area contributed by atoms with Crippen LogP contribution in [-0.2, 0) is 18.6 Å². The molecule has 32 heavy (non-hydrogen) atoms. The van der Waals surface area contributed by atoms with Crippen molar-refractivity contribution in [2.45, 2.75) is 89.2 Å². The van der Waals surface area contributed by atoms with Crippen molar-refractivity contribution in [2.24, 2.45) is 0 Å². The van der Waals surface area contributed by atoms with E-state index in [4.69, 9.17) is 20.4 Å². The summed E-state index contributed by atoms with van der Waals surface area (Å²) in [5, 5.41) is 19.3. The van der Waals surface area contributed by atoms with Crippen LogP contribution >= 0.6 is 7.60 Å². The molecular formula is C22H34NO8P. The topological polar surface area (TPSA) is 138 Å². The number of ether oxygens (including phenoxy) is 2. The number of methoxy groups -OCH3 is 1. The maximum atomic E-state index is 12.8. The Hall–Kier alpha value is -1.50. The van der Waals surface area contributed by atoms with Gasteiger partial charge >= 0.3 is 7.60 Å². The number of aliphatic hydroxyl groups excluding tert-OH is 1. The van der Waals surface area contributed by atoms with Gasteiger partial charge in [0.25, 0.3) is 5.56 Å². The van der Waals surface area contributed by atoms with E-state index in [0.29, 0.717) is 17.5 Å². The lowest BCUT2D eigenvalue weighted by Crippen LogP contribution is -2.40. The van der Waals surface area contributed by atoms with Crippen molar-refractivity contribution in [3.05, 3.63) is 33.2 Å². The number of hydrogen-bond acceptors (Lipinski definition) is 7. The summed E-state index contributed by atoms with van der Waals surface area (Å²) in [4.78, 5) is 25.0. The first-order valence-corrected chi connectivity index (χ1v) is 12.2. The Bertz CT molecular complexity index is 968. The first-order valence-electron chi connectivity index (χ1n) is 10.6. The molecule has 7 unspecified atom stereocenters. The van der Waals surface area contributed by atoms with Gasteiger partial charge in [0.1, 0.15) is 18.3 Å². The third-order valence-electron chi connectivity index (χ3n) is 6.32. The molecule has 9 nitrogen and oxygen atoms in total. The van der Waals surface area contributed by atoms with Crippen LogP contribution in [0, 0.1) is 19.3 Å². The molecule has 1 aromatic rings. The third kappa shape index (κ3) is 5.18. The fraction of sp³-hybridized carbons (Fsp3) is 0.682. The van der Waals surface area contributed by atoms with E-state index in [2.05, 4.69) is 10.9 Å². The number of rotatable bonds is 9. The predicted molar refractivity (Wildman–Crippen MR) is 119 cm³/mol. The normalized spacial score (nSPS) is 29.0. The van der Waals surface area contributed by atoms with Gasteiger partial charge in [-0.15, -0.1) is 6.42 Å². The monoisotopic (exact) mass is 471 g/mol. The van der Waals surface area contributed by atoms with E-state index in [1.165, 1.54) is 14.0 Å². The van der Waals surface area contributed by atoms with Crippen molar-refractivity contribution in [2.75, 3.05) is 7.11 Å². The number of terminal acetylenes is 1. The minimum Gasteiger partial charge on any atom is -0.388 e. The fourth-order valence-electron chi connectivity index (χ4n) is 3.69.